The standard InChI is InChI=1S/C19H27N3O3S2/c1-6-19(4,12-26-5)17-21-22-18(27-17)20-16(23)15-13(24-7-2)10-9-11-14(15)25-8-3/h9-11H,6-8,12H2,1-5H3,(H,20,22,23). The van der Waals surface area contributed by atoms with Crippen LogP contribution in [-0.2, 0) is 5.41 Å². The fourth-order valence-corrected chi connectivity index (χ4v) is 4.62. The summed E-state index contributed by atoms with van der Waals surface area (Å²) < 4.78 is 11.2. The van der Waals surface area contributed by atoms with Gasteiger partial charge in [-0.15, -0.1) is 10.2 Å². The molecule has 1 aromatic carbocycles. The van der Waals surface area contributed by atoms with Gasteiger partial charge in [0.05, 0.1) is 13.2 Å². The van der Waals surface area contributed by atoms with Gasteiger partial charge >= 0.3 is 0 Å². The van der Waals surface area contributed by atoms with Gasteiger partial charge in [-0.05, 0) is 38.7 Å². The van der Waals surface area contributed by atoms with Crippen molar-refractivity contribution in [1.29, 1.82) is 0 Å². The minimum absolute atomic E-state index is 0.0558. The second-order valence-electron chi connectivity index (χ2n) is 6.21. The Bertz CT molecular complexity index is 742. The molecule has 1 unspecified atom stereocenters. The molecule has 1 N–H and O–H groups in total. The molecule has 27 heavy (non-hydrogen) atoms. The van der Waals surface area contributed by atoms with Crippen LogP contribution in [0, 0.1) is 0 Å². The van der Waals surface area contributed by atoms with E-state index in [1.807, 2.05) is 19.9 Å². The zero-order chi connectivity index (χ0) is 19.9. The number of rotatable bonds is 10. The maximum atomic E-state index is 12.9. The molecule has 0 aliphatic rings. The number of thioether (sulfide) groups is 1. The summed E-state index contributed by atoms with van der Waals surface area (Å²) in [6.07, 6.45) is 3.04. The van der Waals surface area contributed by atoms with Crippen molar-refractivity contribution in [2.75, 3.05) is 30.5 Å². The SMILES string of the molecule is CCOc1cccc(OCC)c1C(=O)Nc1nnc(C(C)(CC)CSC)s1. The zero-order valence-corrected chi connectivity index (χ0v) is 18.1. The summed E-state index contributed by atoms with van der Waals surface area (Å²) in [5.74, 6) is 1.62. The van der Waals surface area contributed by atoms with E-state index >= 15 is 0 Å². The van der Waals surface area contributed by atoms with Gasteiger partial charge < -0.3 is 9.47 Å². The third-order valence-electron chi connectivity index (χ3n) is 4.22. The van der Waals surface area contributed by atoms with E-state index in [0.29, 0.717) is 35.4 Å². The van der Waals surface area contributed by atoms with Crippen molar-refractivity contribution in [3.63, 3.8) is 0 Å². The average Bonchev–Trinajstić information content (AvgIpc) is 3.11. The van der Waals surface area contributed by atoms with Crippen LogP contribution in [0.25, 0.3) is 0 Å². The Labute approximate surface area is 169 Å². The Hall–Kier alpha value is -1.80. The van der Waals surface area contributed by atoms with Crippen LogP contribution in [0.4, 0.5) is 5.13 Å². The monoisotopic (exact) mass is 409 g/mol. The fraction of sp³-hybridized carbons (Fsp3) is 0.526. The van der Waals surface area contributed by atoms with Gasteiger partial charge in [-0.25, -0.2) is 0 Å². The lowest BCUT2D eigenvalue weighted by molar-refractivity contribution is 0.101. The number of carbonyl (C=O) groups is 1. The highest BCUT2D eigenvalue weighted by Gasteiger charge is 2.29. The van der Waals surface area contributed by atoms with Crippen LogP contribution in [0.15, 0.2) is 18.2 Å². The third kappa shape index (κ3) is 5.13. The van der Waals surface area contributed by atoms with E-state index in [4.69, 9.17) is 9.47 Å². The van der Waals surface area contributed by atoms with Gasteiger partial charge in [0.15, 0.2) is 0 Å². The van der Waals surface area contributed by atoms with Crippen LogP contribution < -0.4 is 14.8 Å². The lowest BCUT2D eigenvalue weighted by Gasteiger charge is -2.23. The first-order valence-electron chi connectivity index (χ1n) is 9.01. The van der Waals surface area contributed by atoms with E-state index in [1.54, 1.807) is 23.9 Å². The van der Waals surface area contributed by atoms with Gasteiger partial charge in [0.2, 0.25) is 5.13 Å². The first-order valence-corrected chi connectivity index (χ1v) is 11.2. The van der Waals surface area contributed by atoms with E-state index in [1.165, 1.54) is 11.3 Å². The molecule has 0 bridgehead atoms. The number of hydrogen-bond donors (Lipinski definition) is 1. The molecule has 1 aromatic heterocycles. The number of amides is 1. The Morgan fingerprint density at radius 3 is 2.33 bits per heavy atom. The second kappa shape index (κ2) is 9.94. The summed E-state index contributed by atoms with van der Waals surface area (Å²) in [7, 11) is 0. The van der Waals surface area contributed by atoms with Gasteiger partial charge in [-0.3, -0.25) is 10.1 Å². The van der Waals surface area contributed by atoms with Crippen LogP contribution in [0.1, 0.15) is 49.5 Å². The molecule has 1 atom stereocenters. The highest BCUT2D eigenvalue weighted by Crippen LogP contribution is 2.35. The quantitative estimate of drug-likeness (QED) is 0.617. The van der Waals surface area contributed by atoms with Crippen LogP contribution in [0.3, 0.4) is 0 Å². The zero-order valence-electron chi connectivity index (χ0n) is 16.5. The largest absolute Gasteiger partial charge is 0.493 e. The number of hydrogen-bond acceptors (Lipinski definition) is 7. The molecule has 1 heterocycles. The number of nitrogens with one attached hydrogen (secondary N) is 1. The van der Waals surface area contributed by atoms with Gasteiger partial charge in [-0.2, -0.15) is 11.8 Å². The van der Waals surface area contributed by atoms with Crippen LogP contribution in [-0.4, -0.2) is 41.3 Å². The van der Waals surface area contributed by atoms with Crippen LogP contribution >= 0.6 is 23.1 Å². The van der Waals surface area contributed by atoms with Gasteiger partial charge in [0, 0.05) is 11.2 Å². The smallest absolute Gasteiger partial charge is 0.265 e. The fourth-order valence-electron chi connectivity index (χ4n) is 2.60. The van der Waals surface area contributed by atoms with E-state index in [0.717, 1.165) is 17.2 Å². The number of anilines is 1. The molecule has 0 fully saturated rings. The predicted molar refractivity (Wildman–Crippen MR) is 113 cm³/mol. The van der Waals surface area contributed by atoms with Crippen molar-refractivity contribution in [3.8, 4) is 11.5 Å². The lowest BCUT2D eigenvalue weighted by atomic mass is 9.91. The summed E-state index contributed by atoms with van der Waals surface area (Å²) in [6.45, 7) is 8.99. The van der Waals surface area contributed by atoms with E-state index in [-0.39, 0.29) is 11.3 Å². The minimum Gasteiger partial charge on any atom is -0.493 e. The Kier molecular flexibility index (Phi) is 7.91. The minimum atomic E-state index is -0.312. The maximum Gasteiger partial charge on any atom is 0.265 e. The summed E-state index contributed by atoms with van der Waals surface area (Å²) in [4.78, 5) is 12.9. The number of aromatic nitrogens is 2. The number of ether oxygens (including phenoxy) is 2. The molecule has 2 rings (SSSR count). The molecule has 148 valence electrons. The van der Waals surface area contributed by atoms with Gasteiger partial charge in [0.1, 0.15) is 22.1 Å². The van der Waals surface area contributed by atoms with E-state index in [2.05, 4.69) is 35.6 Å². The molecular formula is C19H27N3O3S2. The molecule has 1 amide bonds. The maximum absolute atomic E-state index is 12.9. The molecule has 0 aliphatic carbocycles. The summed E-state index contributed by atoms with van der Waals surface area (Å²) in [5.41, 5.74) is 0.320. The van der Waals surface area contributed by atoms with Crippen LogP contribution in [0.5, 0.6) is 11.5 Å². The van der Waals surface area contributed by atoms with E-state index < -0.39 is 0 Å². The Balaban J connectivity index is 2.28. The van der Waals surface area contributed by atoms with E-state index in [9.17, 15) is 4.79 Å². The summed E-state index contributed by atoms with van der Waals surface area (Å²) >= 11 is 3.20. The van der Waals surface area contributed by atoms with Gasteiger partial charge in [-0.1, -0.05) is 31.3 Å². The average molecular weight is 410 g/mol. The molecular weight excluding hydrogens is 382 g/mol. The topological polar surface area (TPSA) is 73.3 Å². The molecule has 0 radical (unpaired) electrons. The predicted octanol–water partition coefficient (Wildman–Crippen LogP) is 4.62. The van der Waals surface area contributed by atoms with Crippen molar-refractivity contribution in [1.82, 2.24) is 10.2 Å². The Morgan fingerprint density at radius 2 is 1.81 bits per heavy atom. The van der Waals surface area contributed by atoms with Crippen molar-refractivity contribution in [2.45, 2.75) is 39.5 Å². The van der Waals surface area contributed by atoms with Crippen molar-refractivity contribution in [3.05, 3.63) is 28.8 Å². The van der Waals surface area contributed by atoms with Crippen molar-refractivity contribution >= 4 is 34.1 Å². The molecule has 0 aliphatic heterocycles. The van der Waals surface area contributed by atoms with Crippen molar-refractivity contribution < 1.29 is 14.3 Å². The highest BCUT2D eigenvalue weighted by atomic mass is 32.2. The molecule has 8 heteroatoms. The van der Waals surface area contributed by atoms with Crippen molar-refractivity contribution in [2.24, 2.45) is 0 Å². The third-order valence-corrected chi connectivity index (χ3v) is 6.29. The number of benzene rings is 1. The van der Waals surface area contributed by atoms with Gasteiger partial charge in [0.25, 0.3) is 5.91 Å². The van der Waals surface area contributed by atoms with Crippen LogP contribution in [0.2, 0.25) is 0 Å². The molecule has 0 saturated carbocycles. The Morgan fingerprint density at radius 1 is 1.19 bits per heavy atom. The molecule has 0 spiro atoms. The normalized spacial score (nSPS) is 13.1. The lowest BCUT2D eigenvalue weighted by Crippen LogP contribution is -2.23. The highest BCUT2D eigenvalue weighted by molar-refractivity contribution is 7.98. The number of carbonyl (C=O) groups excluding carboxylic acids is 1. The first kappa shape index (κ1) is 21.5. The molecule has 2 aromatic rings. The first-order chi connectivity index (χ1) is 13.0. The summed E-state index contributed by atoms with van der Waals surface area (Å²) in [6, 6.07) is 5.34. The molecule has 0 saturated heterocycles. The molecule has 6 nitrogen and oxygen atoms in total. The summed E-state index contributed by atoms with van der Waals surface area (Å²) in [5, 5.41) is 12.8. The second-order valence-corrected chi connectivity index (χ2v) is 8.05. The number of nitrogens with zero attached hydrogens (tertiary/aromatic N) is 2.